The Balaban J connectivity index is 2.11. The van der Waals surface area contributed by atoms with Gasteiger partial charge in [-0.25, -0.2) is 8.42 Å². The molecule has 0 amide bonds. The molecule has 0 aliphatic carbocycles. The van der Waals surface area contributed by atoms with Gasteiger partial charge < -0.3 is 10.4 Å². The Bertz CT molecular complexity index is 484. The molecule has 1 saturated heterocycles. The summed E-state index contributed by atoms with van der Waals surface area (Å²) in [6.07, 6.45) is -0.814. The fourth-order valence-corrected chi connectivity index (χ4v) is 3.66. The van der Waals surface area contributed by atoms with Gasteiger partial charge in [-0.1, -0.05) is 12.1 Å². The molecule has 0 radical (unpaired) electrons. The van der Waals surface area contributed by atoms with Gasteiger partial charge in [0, 0.05) is 5.69 Å². The Labute approximate surface area is 95.2 Å². The zero-order valence-electron chi connectivity index (χ0n) is 9.05. The molecule has 0 saturated carbocycles. The highest BCUT2D eigenvalue weighted by Gasteiger charge is 2.36. The molecule has 2 rings (SSSR count). The summed E-state index contributed by atoms with van der Waals surface area (Å²) in [5.41, 5.74) is 1.95. The fourth-order valence-electron chi connectivity index (χ4n) is 1.92. The SMILES string of the molecule is Cc1cccc(N[C@@H]2CS(=O)(=O)C[C@@H]2O)c1. The van der Waals surface area contributed by atoms with E-state index in [2.05, 4.69) is 5.32 Å². The zero-order valence-corrected chi connectivity index (χ0v) is 9.87. The number of hydrogen-bond acceptors (Lipinski definition) is 4. The van der Waals surface area contributed by atoms with Crippen molar-refractivity contribution in [2.75, 3.05) is 16.8 Å². The van der Waals surface area contributed by atoms with Crippen LogP contribution in [0.4, 0.5) is 5.69 Å². The average Bonchev–Trinajstić information content (AvgIpc) is 2.39. The second-order valence-corrected chi connectivity index (χ2v) is 6.42. The summed E-state index contributed by atoms with van der Waals surface area (Å²) in [5, 5.41) is 12.7. The zero-order chi connectivity index (χ0) is 11.8. The maximum absolute atomic E-state index is 11.3. The highest BCUT2D eigenvalue weighted by molar-refractivity contribution is 7.91. The summed E-state index contributed by atoms with van der Waals surface area (Å²) in [5.74, 6) is -0.140. The molecule has 0 spiro atoms. The van der Waals surface area contributed by atoms with Crippen molar-refractivity contribution in [2.45, 2.75) is 19.1 Å². The number of sulfone groups is 1. The molecular weight excluding hydrogens is 226 g/mol. The molecule has 0 bridgehead atoms. The average molecular weight is 241 g/mol. The van der Waals surface area contributed by atoms with E-state index in [1.807, 2.05) is 31.2 Å². The smallest absolute Gasteiger partial charge is 0.155 e. The van der Waals surface area contributed by atoms with Crippen molar-refractivity contribution in [3.63, 3.8) is 0 Å². The number of rotatable bonds is 2. The van der Waals surface area contributed by atoms with Crippen LogP contribution in [0.5, 0.6) is 0 Å². The lowest BCUT2D eigenvalue weighted by Crippen LogP contribution is -2.31. The Morgan fingerprint density at radius 1 is 1.38 bits per heavy atom. The fraction of sp³-hybridized carbons (Fsp3) is 0.455. The van der Waals surface area contributed by atoms with Gasteiger partial charge in [0.2, 0.25) is 0 Å². The van der Waals surface area contributed by atoms with Gasteiger partial charge in [-0.3, -0.25) is 0 Å². The summed E-state index contributed by atoms with van der Waals surface area (Å²) in [7, 11) is -3.09. The van der Waals surface area contributed by atoms with Crippen LogP contribution in [0.15, 0.2) is 24.3 Å². The molecule has 5 heteroatoms. The summed E-state index contributed by atoms with van der Waals surface area (Å²) in [4.78, 5) is 0. The molecular formula is C11H15NO3S. The topological polar surface area (TPSA) is 66.4 Å². The first-order valence-electron chi connectivity index (χ1n) is 5.18. The van der Waals surface area contributed by atoms with E-state index in [9.17, 15) is 13.5 Å². The number of aryl methyl sites for hydroxylation is 1. The first-order chi connectivity index (χ1) is 7.46. The molecule has 2 atom stereocenters. The maximum atomic E-state index is 11.3. The summed E-state index contributed by atoms with van der Waals surface area (Å²) < 4.78 is 22.6. The van der Waals surface area contributed by atoms with E-state index in [1.165, 1.54) is 0 Å². The number of aliphatic hydroxyl groups excluding tert-OH is 1. The largest absolute Gasteiger partial charge is 0.390 e. The van der Waals surface area contributed by atoms with Gasteiger partial charge in [0.15, 0.2) is 9.84 Å². The quantitative estimate of drug-likeness (QED) is 0.794. The van der Waals surface area contributed by atoms with Crippen LogP contribution in [-0.2, 0) is 9.84 Å². The number of aliphatic hydroxyl groups is 1. The van der Waals surface area contributed by atoms with E-state index >= 15 is 0 Å². The second kappa shape index (κ2) is 4.07. The first kappa shape index (κ1) is 11.4. The maximum Gasteiger partial charge on any atom is 0.155 e. The number of benzene rings is 1. The van der Waals surface area contributed by atoms with Gasteiger partial charge in [-0.15, -0.1) is 0 Å². The third kappa shape index (κ3) is 2.54. The summed E-state index contributed by atoms with van der Waals surface area (Å²) in [6.45, 7) is 1.97. The van der Waals surface area contributed by atoms with E-state index in [-0.39, 0.29) is 11.5 Å². The highest BCUT2D eigenvalue weighted by Crippen LogP contribution is 2.18. The van der Waals surface area contributed by atoms with Crippen molar-refractivity contribution < 1.29 is 13.5 Å². The standard InChI is InChI=1S/C11H15NO3S/c1-8-3-2-4-9(5-8)12-10-6-16(14,15)7-11(10)13/h2-5,10-13H,6-7H2,1H3/t10-,11+/m1/s1. The normalized spacial score (nSPS) is 27.9. The van der Waals surface area contributed by atoms with Crippen LogP contribution >= 0.6 is 0 Å². The van der Waals surface area contributed by atoms with Crippen molar-refractivity contribution in [3.8, 4) is 0 Å². The van der Waals surface area contributed by atoms with E-state index in [1.54, 1.807) is 0 Å². The van der Waals surface area contributed by atoms with Gasteiger partial charge >= 0.3 is 0 Å². The molecule has 1 aliphatic heterocycles. The molecule has 1 fully saturated rings. The van der Waals surface area contributed by atoms with Gasteiger partial charge in [0.1, 0.15) is 0 Å². The van der Waals surface area contributed by atoms with E-state index in [4.69, 9.17) is 0 Å². The molecule has 4 nitrogen and oxygen atoms in total. The molecule has 88 valence electrons. The van der Waals surface area contributed by atoms with Crippen LogP contribution in [0.2, 0.25) is 0 Å². The minimum Gasteiger partial charge on any atom is -0.390 e. The van der Waals surface area contributed by atoms with Crippen LogP contribution in [-0.4, -0.2) is 37.2 Å². The monoisotopic (exact) mass is 241 g/mol. The molecule has 16 heavy (non-hydrogen) atoms. The first-order valence-corrected chi connectivity index (χ1v) is 7.00. The van der Waals surface area contributed by atoms with Crippen molar-refractivity contribution in [2.24, 2.45) is 0 Å². The Morgan fingerprint density at radius 3 is 2.69 bits per heavy atom. The Morgan fingerprint density at radius 2 is 2.12 bits per heavy atom. The van der Waals surface area contributed by atoms with Crippen LogP contribution in [0, 0.1) is 6.92 Å². The molecule has 1 aliphatic rings. The van der Waals surface area contributed by atoms with Crippen molar-refractivity contribution in [3.05, 3.63) is 29.8 Å². The number of nitrogens with one attached hydrogen (secondary N) is 1. The van der Waals surface area contributed by atoms with Gasteiger partial charge in [-0.2, -0.15) is 0 Å². The van der Waals surface area contributed by atoms with Crippen molar-refractivity contribution >= 4 is 15.5 Å². The molecule has 1 aromatic carbocycles. The minimum absolute atomic E-state index is 0.00209. The number of hydrogen-bond donors (Lipinski definition) is 2. The summed E-state index contributed by atoms with van der Waals surface area (Å²) >= 11 is 0. The molecule has 1 aromatic rings. The van der Waals surface area contributed by atoms with Crippen LogP contribution in [0.1, 0.15) is 5.56 Å². The van der Waals surface area contributed by atoms with Crippen molar-refractivity contribution in [1.82, 2.24) is 0 Å². The predicted octanol–water partition coefficient (Wildman–Crippen LogP) is 0.565. The lowest BCUT2D eigenvalue weighted by molar-refractivity contribution is 0.190. The van der Waals surface area contributed by atoms with Gasteiger partial charge in [0.05, 0.1) is 23.7 Å². The van der Waals surface area contributed by atoms with E-state index < -0.39 is 22.0 Å². The van der Waals surface area contributed by atoms with Gasteiger partial charge in [-0.05, 0) is 24.6 Å². The van der Waals surface area contributed by atoms with E-state index in [0.29, 0.717) is 0 Å². The lowest BCUT2D eigenvalue weighted by Gasteiger charge is -2.16. The third-order valence-corrected chi connectivity index (χ3v) is 4.41. The summed E-state index contributed by atoms with van der Waals surface area (Å²) in [6, 6.07) is 7.26. The van der Waals surface area contributed by atoms with Crippen LogP contribution < -0.4 is 5.32 Å². The Hall–Kier alpha value is -1.07. The van der Waals surface area contributed by atoms with Crippen LogP contribution in [0.25, 0.3) is 0 Å². The molecule has 1 heterocycles. The predicted molar refractivity (Wildman–Crippen MR) is 63.3 cm³/mol. The third-order valence-electron chi connectivity index (χ3n) is 2.69. The lowest BCUT2D eigenvalue weighted by atomic mass is 10.1. The van der Waals surface area contributed by atoms with E-state index in [0.717, 1.165) is 11.3 Å². The van der Waals surface area contributed by atoms with Crippen LogP contribution in [0.3, 0.4) is 0 Å². The number of anilines is 1. The van der Waals surface area contributed by atoms with Gasteiger partial charge in [0.25, 0.3) is 0 Å². The highest BCUT2D eigenvalue weighted by atomic mass is 32.2. The molecule has 2 N–H and O–H groups in total. The Kier molecular flexibility index (Phi) is 2.90. The second-order valence-electron chi connectivity index (χ2n) is 4.26. The molecule has 0 aromatic heterocycles. The van der Waals surface area contributed by atoms with Crippen molar-refractivity contribution in [1.29, 1.82) is 0 Å². The minimum atomic E-state index is -3.09. The molecule has 0 unspecified atom stereocenters.